The smallest absolute Gasteiger partial charge is 0.138 e. The zero-order chi connectivity index (χ0) is 14.3. The lowest BCUT2D eigenvalue weighted by Crippen LogP contribution is -2.16. The van der Waals surface area contributed by atoms with Crippen LogP contribution in [-0.4, -0.2) is 14.8 Å². The number of benzene rings is 1. The van der Waals surface area contributed by atoms with E-state index in [2.05, 4.69) is 10.1 Å². The van der Waals surface area contributed by atoms with Crippen LogP contribution in [0.1, 0.15) is 23.2 Å². The molecule has 20 heavy (non-hydrogen) atoms. The molecule has 0 saturated carbocycles. The molecule has 2 aromatic heterocycles. The van der Waals surface area contributed by atoms with Crippen molar-refractivity contribution in [2.45, 2.75) is 19.4 Å². The lowest BCUT2D eigenvalue weighted by Gasteiger charge is -2.09. The molecule has 0 aliphatic heterocycles. The highest BCUT2D eigenvalue weighted by molar-refractivity contribution is 5.82. The maximum Gasteiger partial charge on any atom is 0.138 e. The Kier molecular flexibility index (Phi) is 3.02. The number of aryl methyl sites for hydroxylation is 2. The van der Waals surface area contributed by atoms with Crippen LogP contribution in [0, 0.1) is 12.7 Å². The molecule has 0 amide bonds. The number of nitrogens with zero attached hydrogens (tertiary/aromatic N) is 3. The highest BCUT2D eigenvalue weighted by atomic mass is 19.1. The van der Waals surface area contributed by atoms with Gasteiger partial charge in [0.15, 0.2) is 0 Å². The quantitative estimate of drug-likeness (QED) is 0.795. The van der Waals surface area contributed by atoms with Crippen LogP contribution in [0.4, 0.5) is 4.39 Å². The number of hydrogen-bond acceptors (Lipinski definition) is 4. The summed E-state index contributed by atoms with van der Waals surface area (Å²) in [6.45, 7) is 1.89. The minimum Gasteiger partial charge on any atom is -0.459 e. The van der Waals surface area contributed by atoms with Gasteiger partial charge in [0.1, 0.15) is 29.3 Å². The van der Waals surface area contributed by atoms with Crippen molar-refractivity contribution in [2.24, 2.45) is 12.8 Å². The lowest BCUT2D eigenvalue weighted by molar-refractivity contribution is 0.479. The Labute approximate surface area is 115 Å². The number of furan rings is 1. The molecule has 0 fully saturated rings. The highest BCUT2D eigenvalue weighted by Gasteiger charge is 2.19. The Morgan fingerprint density at radius 3 is 2.95 bits per heavy atom. The summed E-state index contributed by atoms with van der Waals surface area (Å²) in [5.74, 6) is 1.16. The summed E-state index contributed by atoms with van der Waals surface area (Å²) in [5, 5.41) is 4.77. The predicted molar refractivity (Wildman–Crippen MR) is 72.5 cm³/mol. The topological polar surface area (TPSA) is 69.9 Å². The van der Waals surface area contributed by atoms with E-state index in [0.717, 1.165) is 16.8 Å². The fourth-order valence-electron chi connectivity index (χ4n) is 2.36. The van der Waals surface area contributed by atoms with Crippen molar-refractivity contribution in [1.82, 2.24) is 14.8 Å². The van der Waals surface area contributed by atoms with Crippen LogP contribution in [-0.2, 0) is 13.5 Å². The molecule has 3 rings (SSSR count). The zero-order valence-electron chi connectivity index (χ0n) is 11.3. The molecule has 3 aromatic rings. The summed E-state index contributed by atoms with van der Waals surface area (Å²) in [7, 11) is 1.82. The second kappa shape index (κ2) is 4.72. The van der Waals surface area contributed by atoms with Crippen LogP contribution in [0.5, 0.6) is 0 Å². The summed E-state index contributed by atoms with van der Waals surface area (Å²) in [5.41, 5.74) is 7.70. The number of rotatable bonds is 3. The maximum atomic E-state index is 13.3. The third-order valence-corrected chi connectivity index (χ3v) is 3.48. The molecule has 0 radical (unpaired) electrons. The van der Waals surface area contributed by atoms with Crippen molar-refractivity contribution in [2.75, 3.05) is 0 Å². The van der Waals surface area contributed by atoms with Gasteiger partial charge in [-0.25, -0.2) is 9.37 Å². The Morgan fingerprint density at radius 1 is 1.45 bits per heavy atom. The first kappa shape index (κ1) is 12.8. The van der Waals surface area contributed by atoms with E-state index in [0.29, 0.717) is 17.8 Å². The van der Waals surface area contributed by atoms with Crippen molar-refractivity contribution in [3.63, 3.8) is 0 Å². The predicted octanol–water partition coefficient (Wildman–Crippen LogP) is 2.25. The van der Waals surface area contributed by atoms with Crippen molar-refractivity contribution < 1.29 is 8.81 Å². The van der Waals surface area contributed by atoms with Crippen LogP contribution in [0.15, 0.2) is 28.9 Å². The molecular formula is C14H15FN4O. The van der Waals surface area contributed by atoms with Gasteiger partial charge < -0.3 is 10.2 Å². The number of fused-ring (bicyclic) bond motifs is 1. The summed E-state index contributed by atoms with van der Waals surface area (Å²) >= 11 is 0. The van der Waals surface area contributed by atoms with Crippen molar-refractivity contribution in [3.05, 3.63) is 47.5 Å². The molecule has 1 unspecified atom stereocenters. The first-order chi connectivity index (χ1) is 9.56. The first-order valence-electron chi connectivity index (χ1n) is 6.33. The van der Waals surface area contributed by atoms with E-state index in [1.54, 1.807) is 10.7 Å². The fourth-order valence-corrected chi connectivity index (χ4v) is 2.36. The van der Waals surface area contributed by atoms with Gasteiger partial charge in [0.25, 0.3) is 0 Å². The number of nitrogens with two attached hydrogens (primary N) is 1. The third kappa shape index (κ3) is 2.08. The molecule has 0 aliphatic carbocycles. The molecule has 0 saturated heterocycles. The van der Waals surface area contributed by atoms with Gasteiger partial charge in [0, 0.05) is 24.4 Å². The summed E-state index contributed by atoms with van der Waals surface area (Å²) in [6.07, 6.45) is 2.00. The van der Waals surface area contributed by atoms with Crippen LogP contribution in [0.25, 0.3) is 11.0 Å². The molecule has 1 aromatic carbocycles. The van der Waals surface area contributed by atoms with Crippen LogP contribution in [0.3, 0.4) is 0 Å². The molecule has 6 heteroatoms. The van der Waals surface area contributed by atoms with Gasteiger partial charge in [-0.1, -0.05) is 0 Å². The van der Waals surface area contributed by atoms with E-state index >= 15 is 0 Å². The number of hydrogen-bond donors (Lipinski definition) is 1. The minimum atomic E-state index is -0.339. The van der Waals surface area contributed by atoms with Gasteiger partial charge in [-0.2, -0.15) is 5.10 Å². The van der Waals surface area contributed by atoms with Gasteiger partial charge in [-0.15, -0.1) is 0 Å². The molecule has 2 N–H and O–H groups in total. The van der Waals surface area contributed by atoms with Gasteiger partial charge in [-0.3, -0.25) is 4.68 Å². The van der Waals surface area contributed by atoms with E-state index in [-0.39, 0.29) is 11.9 Å². The summed E-state index contributed by atoms with van der Waals surface area (Å²) < 4.78 is 20.7. The van der Waals surface area contributed by atoms with Crippen LogP contribution >= 0.6 is 0 Å². The molecule has 0 aliphatic rings. The average molecular weight is 274 g/mol. The third-order valence-electron chi connectivity index (χ3n) is 3.48. The SMILES string of the molecule is Cc1c(C(N)Cc2ncnn2C)oc2ccc(F)cc12. The second-order valence-electron chi connectivity index (χ2n) is 4.84. The Morgan fingerprint density at radius 2 is 2.25 bits per heavy atom. The van der Waals surface area contributed by atoms with Crippen molar-refractivity contribution in [3.8, 4) is 0 Å². The molecule has 5 nitrogen and oxygen atoms in total. The first-order valence-corrected chi connectivity index (χ1v) is 6.33. The van der Waals surface area contributed by atoms with Gasteiger partial charge in [0.05, 0.1) is 6.04 Å². The standard InChI is InChI=1S/C14H15FN4O/c1-8-10-5-9(15)3-4-12(10)20-14(8)11(16)6-13-17-7-18-19(13)2/h3-5,7,11H,6,16H2,1-2H3. The van der Waals surface area contributed by atoms with Crippen molar-refractivity contribution >= 4 is 11.0 Å². The largest absolute Gasteiger partial charge is 0.459 e. The number of aromatic nitrogens is 3. The van der Waals surface area contributed by atoms with Crippen molar-refractivity contribution in [1.29, 1.82) is 0 Å². The van der Waals surface area contributed by atoms with Gasteiger partial charge in [0.2, 0.25) is 0 Å². The van der Waals surface area contributed by atoms with E-state index in [9.17, 15) is 4.39 Å². The Hall–Kier alpha value is -2.21. The van der Waals surface area contributed by atoms with Gasteiger partial charge >= 0.3 is 0 Å². The molecule has 104 valence electrons. The normalized spacial score (nSPS) is 13.0. The van der Waals surface area contributed by atoms with E-state index in [1.807, 2.05) is 14.0 Å². The van der Waals surface area contributed by atoms with Gasteiger partial charge in [-0.05, 0) is 25.1 Å². The Balaban J connectivity index is 1.97. The molecule has 0 bridgehead atoms. The van der Waals surface area contributed by atoms with Crippen LogP contribution < -0.4 is 5.73 Å². The Bertz CT molecular complexity index is 762. The zero-order valence-corrected chi connectivity index (χ0v) is 11.3. The van der Waals surface area contributed by atoms with E-state index in [1.165, 1.54) is 18.5 Å². The van der Waals surface area contributed by atoms with E-state index < -0.39 is 0 Å². The average Bonchev–Trinajstić information content (AvgIpc) is 2.95. The van der Waals surface area contributed by atoms with Crippen LogP contribution in [0.2, 0.25) is 0 Å². The molecule has 0 spiro atoms. The van der Waals surface area contributed by atoms with E-state index in [4.69, 9.17) is 10.2 Å². The number of halogens is 1. The summed E-state index contributed by atoms with van der Waals surface area (Å²) in [6, 6.07) is 4.12. The highest BCUT2D eigenvalue weighted by Crippen LogP contribution is 2.30. The monoisotopic (exact) mass is 274 g/mol. The summed E-state index contributed by atoms with van der Waals surface area (Å²) in [4.78, 5) is 4.15. The maximum absolute atomic E-state index is 13.3. The molecule has 1 atom stereocenters. The fraction of sp³-hybridized carbons (Fsp3) is 0.286. The molecule has 2 heterocycles. The molecular weight excluding hydrogens is 259 g/mol. The lowest BCUT2D eigenvalue weighted by atomic mass is 10.1. The second-order valence-corrected chi connectivity index (χ2v) is 4.84. The minimum absolute atomic E-state index is 0.283.